The molecule has 0 aromatic carbocycles. The molecule has 1 atom stereocenters. The maximum Gasteiger partial charge on any atom is 0.407 e. The number of fused-ring (bicyclic) bond motifs is 1. The summed E-state index contributed by atoms with van der Waals surface area (Å²) in [7, 11) is 0. The number of carboxylic acid groups (broad SMARTS) is 1. The number of rotatable bonds is 1. The van der Waals surface area contributed by atoms with Crippen LogP contribution in [0.4, 0.5) is 15.0 Å². The van der Waals surface area contributed by atoms with Gasteiger partial charge in [-0.2, -0.15) is 9.97 Å². The van der Waals surface area contributed by atoms with Crippen molar-refractivity contribution in [2.75, 3.05) is 24.5 Å². The molecule has 7 nitrogen and oxygen atoms in total. The number of piperazine rings is 1. The van der Waals surface area contributed by atoms with Gasteiger partial charge in [0.2, 0.25) is 5.28 Å². The van der Waals surface area contributed by atoms with E-state index in [-0.39, 0.29) is 22.1 Å². The van der Waals surface area contributed by atoms with Crippen LogP contribution in [0.2, 0.25) is 10.4 Å². The van der Waals surface area contributed by atoms with E-state index in [1.54, 1.807) is 0 Å². The third-order valence-electron chi connectivity index (χ3n) is 4.62. The zero-order chi connectivity index (χ0) is 20.1. The predicted octanol–water partition coefficient (Wildman–Crippen LogP) is 3.96. The van der Waals surface area contributed by atoms with Crippen LogP contribution in [0.15, 0.2) is 0 Å². The highest BCUT2D eigenvalue weighted by molar-refractivity contribution is 6.30. The molecule has 1 aliphatic rings. The zero-order valence-electron chi connectivity index (χ0n) is 15.4. The largest absolute Gasteiger partial charge is 0.465 e. The van der Waals surface area contributed by atoms with Crippen LogP contribution in [0.25, 0.3) is 11.0 Å². The van der Waals surface area contributed by atoms with E-state index in [0.717, 1.165) is 0 Å². The maximum absolute atomic E-state index is 15.0. The molecule has 10 heteroatoms. The van der Waals surface area contributed by atoms with E-state index in [1.165, 1.54) is 4.90 Å². The Bertz CT molecular complexity index is 919. The van der Waals surface area contributed by atoms with Crippen molar-refractivity contribution in [3.8, 4) is 0 Å². The predicted molar refractivity (Wildman–Crippen MR) is 102 cm³/mol. The van der Waals surface area contributed by atoms with Gasteiger partial charge >= 0.3 is 6.09 Å². The summed E-state index contributed by atoms with van der Waals surface area (Å²) in [4.78, 5) is 27.1. The van der Waals surface area contributed by atoms with E-state index in [1.807, 2.05) is 32.6 Å². The summed E-state index contributed by atoms with van der Waals surface area (Å²) >= 11 is 12.1. The highest BCUT2D eigenvalue weighted by Crippen LogP contribution is 2.39. The molecule has 3 rings (SSSR count). The molecular weight excluding hydrogens is 396 g/mol. The third-order valence-corrected chi connectivity index (χ3v) is 5.04. The molecule has 1 N–H and O–H groups in total. The standard InChI is InChI=1S/C17H20Cl2FN5O2/c1-8-7-24(16(26)27)5-6-25(8)14-9-10(17(2,3)4)11(20)12(18)21-13(9)22-15(19)23-14/h8H,5-7H2,1-4H3,(H,26,27)/t8-/m1/s1. The minimum absolute atomic E-state index is 0.0274. The van der Waals surface area contributed by atoms with Gasteiger partial charge in [0, 0.05) is 31.2 Å². The van der Waals surface area contributed by atoms with E-state index >= 15 is 0 Å². The van der Waals surface area contributed by atoms with Gasteiger partial charge in [-0.15, -0.1) is 0 Å². The molecule has 1 saturated heterocycles. The highest BCUT2D eigenvalue weighted by Gasteiger charge is 2.33. The molecule has 2 aromatic heterocycles. The number of halogens is 3. The average molecular weight is 416 g/mol. The minimum atomic E-state index is -0.970. The summed E-state index contributed by atoms with van der Waals surface area (Å²) in [6.07, 6.45) is -0.970. The summed E-state index contributed by atoms with van der Waals surface area (Å²) in [6.45, 7) is 8.48. The lowest BCUT2D eigenvalue weighted by molar-refractivity contribution is 0.136. The lowest BCUT2D eigenvalue weighted by Gasteiger charge is -2.40. The number of nitrogens with zero attached hydrogens (tertiary/aromatic N) is 5. The molecule has 3 heterocycles. The third kappa shape index (κ3) is 3.60. The zero-order valence-corrected chi connectivity index (χ0v) is 16.9. The molecule has 1 fully saturated rings. The van der Waals surface area contributed by atoms with Gasteiger partial charge in [-0.3, -0.25) is 0 Å². The van der Waals surface area contributed by atoms with Crippen LogP contribution >= 0.6 is 23.2 Å². The molecule has 1 aliphatic heterocycles. The first-order chi connectivity index (χ1) is 12.5. The second kappa shape index (κ2) is 6.91. The Balaban J connectivity index is 2.24. The van der Waals surface area contributed by atoms with Crippen LogP contribution in [0.1, 0.15) is 33.3 Å². The molecule has 2 aromatic rings. The van der Waals surface area contributed by atoms with Crippen molar-refractivity contribution >= 4 is 46.1 Å². The topological polar surface area (TPSA) is 82.5 Å². The first-order valence-electron chi connectivity index (χ1n) is 8.48. The van der Waals surface area contributed by atoms with Crippen molar-refractivity contribution in [1.29, 1.82) is 0 Å². The summed E-state index contributed by atoms with van der Waals surface area (Å²) in [5.41, 5.74) is -0.0151. The molecule has 0 radical (unpaired) electrons. The van der Waals surface area contributed by atoms with Crippen LogP contribution < -0.4 is 4.90 Å². The van der Waals surface area contributed by atoms with Crippen LogP contribution in [-0.2, 0) is 5.41 Å². The van der Waals surface area contributed by atoms with Crippen LogP contribution in [-0.4, -0.2) is 56.7 Å². The molecule has 0 aliphatic carbocycles. The Labute approximate surface area is 166 Å². The first-order valence-corrected chi connectivity index (χ1v) is 9.23. The maximum atomic E-state index is 15.0. The molecule has 1 amide bonds. The quantitative estimate of drug-likeness (QED) is 0.560. The van der Waals surface area contributed by atoms with Gasteiger partial charge in [-0.05, 0) is 23.9 Å². The molecule has 0 saturated carbocycles. The number of pyridine rings is 1. The summed E-state index contributed by atoms with van der Waals surface area (Å²) in [5, 5.41) is 9.39. The highest BCUT2D eigenvalue weighted by atomic mass is 35.5. The van der Waals surface area contributed by atoms with Crippen molar-refractivity contribution in [3.63, 3.8) is 0 Å². The fourth-order valence-corrected chi connectivity index (χ4v) is 3.76. The Kier molecular flexibility index (Phi) is 5.07. The van der Waals surface area contributed by atoms with Gasteiger partial charge in [-0.25, -0.2) is 14.2 Å². The van der Waals surface area contributed by atoms with Gasteiger partial charge in [0.05, 0.1) is 5.39 Å². The number of hydrogen-bond donors (Lipinski definition) is 1. The monoisotopic (exact) mass is 415 g/mol. The second-order valence-electron chi connectivity index (χ2n) is 7.63. The summed E-state index contributed by atoms with van der Waals surface area (Å²) < 4.78 is 15.0. The van der Waals surface area contributed by atoms with Crippen LogP contribution in [0.3, 0.4) is 0 Å². The van der Waals surface area contributed by atoms with Gasteiger partial charge in [-0.1, -0.05) is 32.4 Å². The number of carbonyl (C=O) groups is 1. The van der Waals surface area contributed by atoms with Crippen LogP contribution in [0, 0.1) is 5.82 Å². The smallest absolute Gasteiger partial charge is 0.407 e. The lowest BCUT2D eigenvalue weighted by Crippen LogP contribution is -2.53. The van der Waals surface area contributed by atoms with Gasteiger partial charge in [0.1, 0.15) is 5.82 Å². The molecule has 0 spiro atoms. The number of hydrogen-bond acceptors (Lipinski definition) is 5. The van der Waals surface area contributed by atoms with Crippen molar-refractivity contribution in [2.45, 2.75) is 39.2 Å². The molecule has 146 valence electrons. The number of anilines is 1. The van der Waals surface area contributed by atoms with E-state index in [4.69, 9.17) is 23.2 Å². The second-order valence-corrected chi connectivity index (χ2v) is 8.32. The van der Waals surface area contributed by atoms with Gasteiger partial charge < -0.3 is 14.9 Å². The van der Waals surface area contributed by atoms with Crippen molar-refractivity contribution in [1.82, 2.24) is 19.9 Å². The first kappa shape index (κ1) is 19.8. The van der Waals surface area contributed by atoms with E-state index < -0.39 is 17.3 Å². The fourth-order valence-electron chi connectivity index (χ4n) is 3.43. The Morgan fingerprint density at radius 3 is 2.44 bits per heavy atom. The van der Waals surface area contributed by atoms with E-state index in [2.05, 4.69) is 15.0 Å². The fraction of sp³-hybridized carbons (Fsp3) is 0.529. The number of aromatic nitrogens is 3. The molecule has 0 unspecified atom stereocenters. The Morgan fingerprint density at radius 1 is 1.22 bits per heavy atom. The molecule has 27 heavy (non-hydrogen) atoms. The lowest BCUT2D eigenvalue weighted by atomic mass is 9.85. The van der Waals surface area contributed by atoms with E-state index in [0.29, 0.717) is 36.4 Å². The van der Waals surface area contributed by atoms with Crippen LogP contribution in [0.5, 0.6) is 0 Å². The van der Waals surface area contributed by atoms with Crippen molar-refractivity contribution in [2.24, 2.45) is 0 Å². The SMILES string of the molecule is C[C@@H]1CN(C(=O)O)CCN1c1nc(Cl)nc2nc(Cl)c(F)c(C(C)(C)C)c12. The normalized spacial score (nSPS) is 18.3. The van der Waals surface area contributed by atoms with Gasteiger partial charge in [0.25, 0.3) is 0 Å². The summed E-state index contributed by atoms with van der Waals surface area (Å²) in [5.74, 6) is -0.170. The average Bonchev–Trinajstić information content (AvgIpc) is 2.54. The Hall–Kier alpha value is -1.93. The molecule has 0 bridgehead atoms. The summed E-state index contributed by atoms with van der Waals surface area (Å²) in [6, 6.07) is -0.185. The van der Waals surface area contributed by atoms with Crippen molar-refractivity contribution < 1.29 is 14.3 Å². The Morgan fingerprint density at radius 2 is 1.89 bits per heavy atom. The van der Waals surface area contributed by atoms with Crippen molar-refractivity contribution in [3.05, 3.63) is 21.8 Å². The molecular formula is C17H20Cl2FN5O2. The minimum Gasteiger partial charge on any atom is -0.465 e. The van der Waals surface area contributed by atoms with E-state index in [9.17, 15) is 14.3 Å². The van der Waals surface area contributed by atoms with Gasteiger partial charge in [0.15, 0.2) is 16.6 Å². The number of amides is 1.